The highest BCUT2D eigenvalue weighted by Gasteiger charge is 2.27. The molecule has 2 atom stereocenters. The minimum atomic E-state index is -0.668. The van der Waals surface area contributed by atoms with Crippen molar-refractivity contribution < 1.29 is 9.90 Å². The number of carboxylic acid groups (broad SMARTS) is 1. The lowest BCUT2D eigenvalue weighted by atomic mass is 9.89. The van der Waals surface area contributed by atoms with Crippen LogP contribution in [0.4, 0.5) is 0 Å². The van der Waals surface area contributed by atoms with E-state index < -0.39 is 5.97 Å². The zero-order chi connectivity index (χ0) is 11.5. The summed E-state index contributed by atoms with van der Waals surface area (Å²) in [5, 5.41) is 12.4. The topological polar surface area (TPSA) is 49.3 Å². The minimum absolute atomic E-state index is 0.190. The van der Waals surface area contributed by atoms with Gasteiger partial charge in [0.15, 0.2) is 0 Å². The molecule has 2 N–H and O–H groups in total. The second kappa shape index (κ2) is 4.66. The molecule has 1 aromatic rings. The average molecular weight is 219 g/mol. The van der Waals surface area contributed by atoms with Gasteiger partial charge in [0.25, 0.3) is 0 Å². The van der Waals surface area contributed by atoms with Crippen LogP contribution in [0.15, 0.2) is 24.3 Å². The van der Waals surface area contributed by atoms with E-state index in [1.54, 1.807) is 0 Å². The molecule has 16 heavy (non-hydrogen) atoms. The fraction of sp³-hybridized carbons (Fsp3) is 0.462. The van der Waals surface area contributed by atoms with Crippen LogP contribution in [-0.2, 0) is 4.79 Å². The Morgan fingerprint density at radius 3 is 2.69 bits per heavy atom. The zero-order valence-corrected chi connectivity index (χ0v) is 9.44. The fourth-order valence-electron chi connectivity index (χ4n) is 2.19. The molecule has 1 saturated heterocycles. The van der Waals surface area contributed by atoms with Gasteiger partial charge in [0.2, 0.25) is 0 Å². The molecule has 1 aliphatic heterocycles. The van der Waals surface area contributed by atoms with E-state index in [4.69, 9.17) is 5.11 Å². The molecule has 0 bridgehead atoms. The third-order valence-corrected chi connectivity index (χ3v) is 3.23. The van der Waals surface area contributed by atoms with Crippen LogP contribution in [0.25, 0.3) is 0 Å². The Kier molecular flexibility index (Phi) is 3.25. The van der Waals surface area contributed by atoms with Crippen LogP contribution in [0.1, 0.15) is 30.0 Å². The molecule has 1 aliphatic rings. The van der Waals surface area contributed by atoms with Crippen molar-refractivity contribution in [2.75, 3.05) is 6.54 Å². The SMILES string of the molecule is Cc1ccc(C2CC(C(=O)O)CCN2)cc1. The first-order valence-corrected chi connectivity index (χ1v) is 5.69. The molecule has 3 heteroatoms. The molecule has 3 nitrogen and oxygen atoms in total. The van der Waals surface area contributed by atoms with E-state index in [-0.39, 0.29) is 12.0 Å². The minimum Gasteiger partial charge on any atom is -0.481 e. The molecule has 0 aromatic heterocycles. The summed E-state index contributed by atoms with van der Waals surface area (Å²) in [4.78, 5) is 11.0. The molecule has 0 amide bonds. The summed E-state index contributed by atoms with van der Waals surface area (Å²) in [7, 11) is 0. The number of carbonyl (C=O) groups is 1. The van der Waals surface area contributed by atoms with Gasteiger partial charge in [-0.1, -0.05) is 29.8 Å². The Morgan fingerprint density at radius 2 is 2.06 bits per heavy atom. The first-order chi connectivity index (χ1) is 7.66. The summed E-state index contributed by atoms with van der Waals surface area (Å²) >= 11 is 0. The molecule has 86 valence electrons. The molecule has 1 aromatic carbocycles. The molecule has 2 rings (SSSR count). The standard InChI is InChI=1S/C13H17NO2/c1-9-2-4-10(5-3-9)12-8-11(13(15)16)6-7-14-12/h2-5,11-12,14H,6-8H2,1H3,(H,15,16). The largest absolute Gasteiger partial charge is 0.481 e. The number of nitrogens with one attached hydrogen (secondary N) is 1. The first kappa shape index (κ1) is 11.1. The lowest BCUT2D eigenvalue weighted by Gasteiger charge is -2.28. The van der Waals surface area contributed by atoms with Crippen LogP contribution in [0.3, 0.4) is 0 Å². The highest BCUT2D eigenvalue weighted by atomic mass is 16.4. The third-order valence-electron chi connectivity index (χ3n) is 3.23. The maximum atomic E-state index is 11.0. The predicted molar refractivity (Wildman–Crippen MR) is 62.3 cm³/mol. The van der Waals surface area contributed by atoms with Crippen molar-refractivity contribution in [3.63, 3.8) is 0 Å². The Balaban J connectivity index is 2.09. The number of carboxylic acids is 1. The van der Waals surface area contributed by atoms with Gasteiger partial charge in [0.05, 0.1) is 5.92 Å². The zero-order valence-electron chi connectivity index (χ0n) is 9.44. The number of rotatable bonds is 2. The number of aryl methyl sites for hydroxylation is 1. The van der Waals surface area contributed by atoms with Gasteiger partial charge in [-0.05, 0) is 31.9 Å². The summed E-state index contributed by atoms with van der Waals surface area (Å²) in [6.45, 7) is 2.84. The number of benzene rings is 1. The summed E-state index contributed by atoms with van der Waals surface area (Å²) in [6, 6.07) is 8.49. The molecule has 1 fully saturated rings. The normalized spacial score (nSPS) is 25.3. The first-order valence-electron chi connectivity index (χ1n) is 5.69. The monoisotopic (exact) mass is 219 g/mol. The van der Waals surface area contributed by atoms with Crippen molar-refractivity contribution in [2.45, 2.75) is 25.8 Å². The molecule has 2 unspecified atom stereocenters. The highest BCUT2D eigenvalue weighted by Crippen LogP contribution is 2.27. The highest BCUT2D eigenvalue weighted by molar-refractivity contribution is 5.70. The molecule has 0 radical (unpaired) electrons. The number of hydrogen-bond acceptors (Lipinski definition) is 2. The van der Waals surface area contributed by atoms with Gasteiger partial charge in [0, 0.05) is 6.04 Å². The second-order valence-electron chi connectivity index (χ2n) is 4.48. The van der Waals surface area contributed by atoms with E-state index in [1.807, 2.05) is 0 Å². The molecule has 0 saturated carbocycles. The Morgan fingerprint density at radius 1 is 1.38 bits per heavy atom. The van der Waals surface area contributed by atoms with Crippen LogP contribution < -0.4 is 5.32 Å². The van der Waals surface area contributed by atoms with E-state index in [9.17, 15) is 4.79 Å². The van der Waals surface area contributed by atoms with Crippen LogP contribution in [0.2, 0.25) is 0 Å². The Labute approximate surface area is 95.5 Å². The number of hydrogen-bond donors (Lipinski definition) is 2. The van der Waals surface area contributed by atoms with Gasteiger partial charge in [-0.2, -0.15) is 0 Å². The van der Waals surface area contributed by atoms with Gasteiger partial charge in [-0.3, -0.25) is 4.79 Å². The predicted octanol–water partition coefficient (Wildman–Crippen LogP) is 2.12. The summed E-state index contributed by atoms with van der Waals surface area (Å²) in [5.74, 6) is -0.869. The van der Waals surface area contributed by atoms with Crippen LogP contribution in [-0.4, -0.2) is 17.6 Å². The van der Waals surface area contributed by atoms with E-state index in [0.29, 0.717) is 6.42 Å². The van der Waals surface area contributed by atoms with Crippen molar-refractivity contribution >= 4 is 5.97 Å². The van der Waals surface area contributed by atoms with Gasteiger partial charge in [0.1, 0.15) is 0 Å². The van der Waals surface area contributed by atoms with E-state index in [1.165, 1.54) is 11.1 Å². The molecule has 0 aliphatic carbocycles. The number of piperidine rings is 1. The molecular weight excluding hydrogens is 202 g/mol. The second-order valence-corrected chi connectivity index (χ2v) is 4.48. The summed E-state index contributed by atoms with van der Waals surface area (Å²) in [5.41, 5.74) is 2.42. The quantitative estimate of drug-likeness (QED) is 0.801. The molecular formula is C13H17NO2. The Bertz CT molecular complexity index is 372. The van der Waals surface area contributed by atoms with Crippen molar-refractivity contribution in [1.82, 2.24) is 5.32 Å². The van der Waals surface area contributed by atoms with Crippen LogP contribution in [0.5, 0.6) is 0 Å². The smallest absolute Gasteiger partial charge is 0.306 e. The van der Waals surface area contributed by atoms with Gasteiger partial charge in [-0.25, -0.2) is 0 Å². The van der Waals surface area contributed by atoms with Crippen LogP contribution >= 0.6 is 0 Å². The Hall–Kier alpha value is -1.35. The van der Waals surface area contributed by atoms with E-state index in [0.717, 1.165) is 13.0 Å². The molecule has 1 heterocycles. The van der Waals surface area contributed by atoms with Gasteiger partial charge >= 0.3 is 5.97 Å². The number of aliphatic carboxylic acids is 1. The van der Waals surface area contributed by atoms with Crippen LogP contribution in [0, 0.1) is 12.8 Å². The summed E-state index contributed by atoms with van der Waals surface area (Å²) < 4.78 is 0. The van der Waals surface area contributed by atoms with Crippen molar-refractivity contribution in [3.05, 3.63) is 35.4 Å². The lowest BCUT2D eigenvalue weighted by molar-refractivity contribution is -0.143. The van der Waals surface area contributed by atoms with Crippen molar-refractivity contribution in [1.29, 1.82) is 0 Å². The van der Waals surface area contributed by atoms with Gasteiger partial charge in [-0.15, -0.1) is 0 Å². The maximum absolute atomic E-state index is 11.0. The third kappa shape index (κ3) is 2.42. The van der Waals surface area contributed by atoms with Gasteiger partial charge < -0.3 is 10.4 Å². The van der Waals surface area contributed by atoms with E-state index >= 15 is 0 Å². The average Bonchev–Trinajstić information content (AvgIpc) is 2.30. The summed E-state index contributed by atoms with van der Waals surface area (Å²) in [6.07, 6.45) is 1.43. The maximum Gasteiger partial charge on any atom is 0.306 e. The molecule has 0 spiro atoms. The van der Waals surface area contributed by atoms with E-state index in [2.05, 4.69) is 36.5 Å². The lowest BCUT2D eigenvalue weighted by Crippen LogP contribution is -2.34. The van der Waals surface area contributed by atoms with Crippen molar-refractivity contribution in [3.8, 4) is 0 Å². The fourth-order valence-corrected chi connectivity index (χ4v) is 2.19. The van der Waals surface area contributed by atoms with Crippen molar-refractivity contribution in [2.24, 2.45) is 5.92 Å².